The summed E-state index contributed by atoms with van der Waals surface area (Å²) in [5.41, 5.74) is 0. The number of diazo groups is 1. The summed E-state index contributed by atoms with van der Waals surface area (Å²) in [5, 5.41) is 5.88. The summed E-state index contributed by atoms with van der Waals surface area (Å²) in [5.74, 6) is 0. The lowest BCUT2D eigenvalue weighted by molar-refractivity contribution is -0.150. The predicted molar refractivity (Wildman–Crippen MR) is 25.8 cm³/mol. The molecule has 0 aliphatic heterocycles. The minimum Gasteiger partial charge on any atom is -0.272 e. The molecular formula is C3HClF3N2O+. The van der Waals surface area contributed by atoms with Crippen LogP contribution in [0.3, 0.4) is 0 Å². The molecule has 7 heteroatoms. The van der Waals surface area contributed by atoms with E-state index >= 15 is 0 Å². The number of alkyl halides is 3. The van der Waals surface area contributed by atoms with Crippen molar-refractivity contribution in [2.24, 2.45) is 0 Å². The third kappa shape index (κ3) is 2.19. The molecule has 0 saturated carbocycles. The Morgan fingerprint density at radius 1 is 1.60 bits per heavy atom. The first-order valence-electron chi connectivity index (χ1n) is 2.00. The molecular weight excluding hydrogens is 172 g/mol. The molecule has 0 amide bonds. The van der Waals surface area contributed by atoms with E-state index in [4.69, 9.17) is 5.39 Å². The van der Waals surface area contributed by atoms with E-state index in [-0.39, 0.29) is 0 Å². The zero-order valence-corrected chi connectivity index (χ0v) is 5.15. The van der Waals surface area contributed by atoms with Gasteiger partial charge in [-0.2, -0.15) is 13.2 Å². The number of rotatable bonds is 1. The molecule has 0 aromatic rings. The fourth-order valence-electron chi connectivity index (χ4n) is 0.240. The summed E-state index contributed by atoms with van der Waals surface area (Å²) in [6.07, 6.45) is -4.91. The number of hydrogen-bond donors (Lipinski definition) is 0. The molecule has 1 unspecified atom stereocenters. The van der Waals surface area contributed by atoms with Gasteiger partial charge in [0.25, 0.3) is 0 Å². The Morgan fingerprint density at radius 2 is 2.00 bits per heavy atom. The van der Waals surface area contributed by atoms with Crippen LogP contribution >= 0.6 is 11.6 Å². The highest BCUT2D eigenvalue weighted by Crippen LogP contribution is 2.24. The Bertz CT molecular complexity index is 183. The molecule has 0 aliphatic rings. The molecule has 0 aromatic carbocycles. The van der Waals surface area contributed by atoms with E-state index in [1.807, 2.05) is 0 Å². The first kappa shape index (κ1) is 9.17. The standard InChI is InChI=1S/C3HClF3N2O/c4-2(10)1(9-8)3(5,6)7/h1H/q+1. The molecule has 0 fully saturated rings. The monoisotopic (exact) mass is 173 g/mol. The average molecular weight is 174 g/mol. The Labute approximate surface area is 58.4 Å². The fourth-order valence-corrected chi connectivity index (χ4v) is 0.407. The van der Waals surface area contributed by atoms with Gasteiger partial charge in [-0.15, -0.1) is 0 Å². The lowest BCUT2D eigenvalue weighted by atomic mass is 10.3. The third-order valence-corrected chi connectivity index (χ3v) is 0.847. The smallest absolute Gasteiger partial charge is 0.272 e. The molecule has 10 heavy (non-hydrogen) atoms. The minimum atomic E-state index is -4.91. The molecule has 56 valence electrons. The number of halogens is 4. The van der Waals surface area contributed by atoms with Gasteiger partial charge in [0.05, 0.1) is 0 Å². The maximum Gasteiger partial charge on any atom is 0.484 e. The zero-order valence-electron chi connectivity index (χ0n) is 4.39. The third-order valence-electron chi connectivity index (χ3n) is 0.640. The van der Waals surface area contributed by atoms with Crippen molar-refractivity contribution >= 4 is 16.8 Å². The number of carbonyl (C=O) groups excluding carboxylic acids is 1. The topological polar surface area (TPSA) is 45.2 Å². The van der Waals surface area contributed by atoms with E-state index < -0.39 is 17.5 Å². The molecule has 0 spiro atoms. The van der Waals surface area contributed by atoms with Gasteiger partial charge in [-0.05, 0) is 11.6 Å². The van der Waals surface area contributed by atoms with Gasteiger partial charge in [0.15, 0.2) is 0 Å². The predicted octanol–water partition coefficient (Wildman–Crippen LogP) is 1.54. The number of hydrogen-bond acceptors (Lipinski definition) is 2. The van der Waals surface area contributed by atoms with Crippen LogP contribution in [0.1, 0.15) is 0 Å². The molecule has 0 aliphatic carbocycles. The van der Waals surface area contributed by atoms with Gasteiger partial charge in [0.2, 0.25) is 5.39 Å². The average Bonchev–Trinajstić information content (AvgIpc) is 1.60. The van der Waals surface area contributed by atoms with E-state index in [0.29, 0.717) is 0 Å². The van der Waals surface area contributed by atoms with Crippen LogP contribution < -0.4 is 0 Å². The van der Waals surface area contributed by atoms with Crippen LogP contribution in [0.4, 0.5) is 13.2 Å². The van der Waals surface area contributed by atoms with Crippen molar-refractivity contribution in [2.45, 2.75) is 12.2 Å². The fraction of sp³-hybridized carbons (Fsp3) is 0.667. The van der Waals surface area contributed by atoms with Gasteiger partial charge in [-0.3, -0.25) is 4.79 Å². The molecule has 0 rings (SSSR count). The lowest BCUT2D eigenvalue weighted by Crippen LogP contribution is -2.30. The largest absolute Gasteiger partial charge is 0.484 e. The summed E-state index contributed by atoms with van der Waals surface area (Å²) in [7, 11) is 0. The van der Waals surface area contributed by atoms with Crippen LogP contribution in [0, 0.1) is 5.39 Å². The molecule has 0 aromatic heterocycles. The van der Waals surface area contributed by atoms with Crippen LogP contribution in [-0.2, 0) is 4.79 Å². The van der Waals surface area contributed by atoms with Crippen LogP contribution in [0.25, 0.3) is 4.98 Å². The number of carbonyl (C=O) groups is 1. The Morgan fingerprint density at radius 3 is 2.00 bits per heavy atom. The van der Waals surface area contributed by atoms with Crippen LogP contribution in [0.15, 0.2) is 0 Å². The first-order valence-corrected chi connectivity index (χ1v) is 2.37. The van der Waals surface area contributed by atoms with E-state index in [9.17, 15) is 18.0 Å². The summed E-state index contributed by atoms with van der Waals surface area (Å²) < 4.78 is 34.2. The molecule has 3 nitrogen and oxygen atoms in total. The van der Waals surface area contributed by atoms with Gasteiger partial charge in [-0.25, -0.2) is 0 Å². The molecule has 0 radical (unpaired) electrons. The van der Waals surface area contributed by atoms with Crippen LogP contribution in [0.2, 0.25) is 0 Å². The van der Waals surface area contributed by atoms with Crippen LogP contribution in [0.5, 0.6) is 0 Å². The molecule has 1 atom stereocenters. The van der Waals surface area contributed by atoms with E-state index in [0.717, 1.165) is 0 Å². The Hall–Kier alpha value is -0.830. The molecule has 0 heterocycles. The summed E-state index contributed by atoms with van der Waals surface area (Å²) in [6.45, 7) is 0. The highest BCUT2D eigenvalue weighted by Gasteiger charge is 2.56. The van der Waals surface area contributed by atoms with Crippen molar-refractivity contribution in [1.29, 1.82) is 5.39 Å². The summed E-state index contributed by atoms with van der Waals surface area (Å²) >= 11 is 4.42. The summed E-state index contributed by atoms with van der Waals surface area (Å²) in [6, 6.07) is -2.82. The quantitative estimate of drug-likeness (QED) is 0.446. The van der Waals surface area contributed by atoms with Gasteiger partial charge in [-0.1, -0.05) is 0 Å². The minimum absolute atomic E-state index is 1.75. The van der Waals surface area contributed by atoms with Crippen LogP contribution in [-0.4, -0.2) is 17.5 Å². The normalized spacial score (nSPS) is 13.9. The summed E-state index contributed by atoms with van der Waals surface area (Å²) in [4.78, 5) is 11.6. The van der Waals surface area contributed by atoms with Gasteiger partial charge >= 0.3 is 17.5 Å². The highest BCUT2D eigenvalue weighted by atomic mass is 35.5. The molecule has 0 saturated heterocycles. The highest BCUT2D eigenvalue weighted by molar-refractivity contribution is 6.65. The van der Waals surface area contributed by atoms with E-state index in [2.05, 4.69) is 11.6 Å². The van der Waals surface area contributed by atoms with Gasteiger partial charge in [0, 0.05) is 0 Å². The maximum absolute atomic E-state index is 11.4. The first-order chi connectivity index (χ1) is 4.39. The zero-order chi connectivity index (χ0) is 8.36. The van der Waals surface area contributed by atoms with Crippen molar-refractivity contribution in [2.75, 3.05) is 0 Å². The van der Waals surface area contributed by atoms with E-state index in [1.165, 1.54) is 0 Å². The SMILES string of the molecule is N#[N+]C(C(=O)Cl)C(F)(F)F. The van der Waals surface area contributed by atoms with Gasteiger partial charge < -0.3 is 0 Å². The van der Waals surface area contributed by atoms with E-state index in [1.54, 1.807) is 4.98 Å². The lowest BCUT2D eigenvalue weighted by Gasteiger charge is -1.97. The van der Waals surface area contributed by atoms with Crippen molar-refractivity contribution < 1.29 is 18.0 Å². The van der Waals surface area contributed by atoms with Crippen molar-refractivity contribution in [3.05, 3.63) is 4.98 Å². The number of nitrogens with zero attached hydrogens (tertiary/aromatic N) is 2. The second kappa shape index (κ2) is 2.84. The van der Waals surface area contributed by atoms with Crippen molar-refractivity contribution in [3.8, 4) is 0 Å². The van der Waals surface area contributed by atoms with Crippen molar-refractivity contribution in [3.63, 3.8) is 0 Å². The Balaban J connectivity index is 4.42. The maximum atomic E-state index is 11.4. The second-order valence-corrected chi connectivity index (χ2v) is 1.74. The molecule has 0 N–H and O–H groups in total. The second-order valence-electron chi connectivity index (χ2n) is 1.36. The molecule has 0 bridgehead atoms. The van der Waals surface area contributed by atoms with Gasteiger partial charge in [0.1, 0.15) is 4.98 Å². The van der Waals surface area contributed by atoms with Crippen molar-refractivity contribution in [1.82, 2.24) is 0 Å². The Kier molecular flexibility index (Phi) is 2.60.